The summed E-state index contributed by atoms with van der Waals surface area (Å²) in [5, 5.41) is 0. The minimum atomic E-state index is -4.60. The molecule has 0 saturated carbocycles. The van der Waals surface area contributed by atoms with Crippen LogP contribution in [-0.4, -0.2) is 76.9 Å². The van der Waals surface area contributed by atoms with E-state index in [-0.39, 0.29) is 62.8 Å². The molecule has 0 radical (unpaired) electrons. The Hall–Kier alpha value is 0.480. The average Bonchev–Trinajstić information content (AvgIpc) is 3.18. The third-order valence-electron chi connectivity index (χ3n) is 11.0. The molecule has 0 bridgehead atoms. The van der Waals surface area contributed by atoms with E-state index < -0.39 is 20.8 Å². The first-order valence-electron chi connectivity index (χ1n) is 24.5. The van der Waals surface area contributed by atoms with Gasteiger partial charge in [-0.25, -0.2) is 16.8 Å². The molecule has 0 fully saturated rings. The Bertz CT molecular complexity index is 1010. The molecular weight excluding hydrogens is 809 g/mol. The van der Waals surface area contributed by atoms with Gasteiger partial charge in [0.05, 0.1) is 13.2 Å². The first-order valence-corrected chi connectivity index (χ1v) is 27.2. The van der Waals surface area contributed by atoms with Gasteiger partial charge >= 0.3 is 37.7 Å². The fourth-order valence-corrected chi connectivity index (χ4v) is 7.94. The van der Waals surface area contributed by atoms with Crippen molar-refractivity contribution in [2.75, 3.05) is 13.2 Å². The van der Waals surface area contributed by atoms with Crippen molar-refractivity contribution in [3.63, 3.8) is 0 Å². The summed E-state index contributed by atoms with van der Waals surface area (Å²) >= 11 is 0. The Labute approximate surface area is 398 Å². The Morgan fingerprint density at radius 1 is 0.373 bits per heavy atom. The van der Waals surface area contributed by atoms with Crippen molar-refractivity contribution in [3.8, 4) is 0 Å². The molecule has 0 aromatic carbocycles. The van der Waals surface area contributed by atoms with E-state index in [0.29, 0.717) is 0 Å². The Morgan fingerprint density at radius 2 is 0.593 bits per heavy atom. The third kappa shape index (κ3) is 58.5. The number of unbranched alkanes of at least 4 members (excludes halogenated alkanes) is 30. The summed E-state index contributed by atoms with van der Waals surface area (Å²) in [6.07, 6.45) is 53.0. The van der Waals surface area contributed by atoms with Crippen LogP contribution in [0.1, 0.15) is 259 Å². The van der Waals surface area contributed by atoms with Crippen LogP contribution in [0.4, 0.5) is 0 Å². The second kappa shape index (κ2) is 49.5. The van der Waals surface area contributed by atoms with Crippen LogP contribution in [0.5, 0.6) is 0 Å². The quantitative estimate of drug-likeness (QED) is 0.0194. The summed E-state index contributed by atoms with van der Waals surface area (Å²) in [4.78, 5) is 0. The molecule has 348 valence electrons. The van der Waals surface area contributed by atoms with E-state index >= 15 is 0 Å². The fraction of sp³-hybridized carbons (Fsp3) is 0.917. The van der Waals surface area contributed by atoms with Crippen LogP contribution >= 0.6 is 0 Å². The molecule has 0 N–H and O–H groups in total. The average molecular weight is 903 g/mol. The van der Waals surface area contributed by atoms with E-state index in [9.17, 15) is 25.9 Å². The zero-order chi connectivity index (χ0) is 43.3. The van der Waals surface area contributed by atoms with Gasteiger partial charge in [-0.1, -0.05) is 245 Å². The van der Waals surface area contributed by atoms with Crippen molar-refractivity contribution in [2.45, 2.75) is 259 Å². The summed E-state index contributed by atoms with van der Waals surface area (Å²) in [6.45, 7) is 8.91. The largest absolute Gasteiger partial charge is 2.00 e. The minimum absolute atomic E-state index is 0. The maximum Gasteiger partial charge on any atom is 2.00 e. The Kier molecular flexibility index (Phi) is 53.5. The van der Waals surface area contributed by atoms with Crippen LogP contribution in [0.15, 0.2) is 24.3 Å². The van der Waals surface area contributed by atoms with Crippen LogP contribution in [0.3, 0.4) is 0 Å². The van der Waals surface area contributed by atoms with Crippen molar-refractivity contribution in [1.29, 1.82) is 0 Å². The van der Waals surface area contributed by atoms with E-state index in [2.05, 4.69) is 60.4 Å². The molecule has 0 aliphatic carbocycles. The van der Waals surface area contributed by atoms with Gasteiger partial charge in [-0.15, -0.1) is 0 Å². The first kappa shape index (κ1) is 63.8. The summed E-state index contributed by atoms with van der Waals surface area (Å²) in [7, 11) is -9.21. The topological polar surface area (TPSA) is 133 Å². The first-order chi connectivity index (χ1) is 28.0. The molecule has 0 heterocycles. The summed E-state index contributed by atoms with van der Waals surface area (Å²) < 4.78 is 73.7. The van der Waals surface area contributed by atoms with Gasteiger partial charge in [-0.3, -0.25) is 8.37 Å². The second-order valence-corrected chi connectivity index (χ2v) is 18.9. The summed E-state index contributed by atoms with van der Waals surface area (Å²) in [5.41, 5.74) is 0. The standard InChI is InChI=1S/2C24H48O4S.Ca/c2*1-3-5-7-9-11-13-14-16-18-20-22-24(23-28-29(25,26)27)21-19-17-15-12-10-8-6-4-2;/h2*20,22,24H,3-19,21,23H2,1-2H3,(H,25,26,27);/q;;+2/p-2/b2*22-20+;. The SMILES string of the molecule is CCCCCCCCCC/C=C/C(CCCCCCCCCC)COS(=O)(=O)[O-].CCCCCCCCCC/C=C/C(CCCCCCCCCC)COS(=O)(=O)[O-].[Ca+2]. The van der Waals surface area contributed by atoms with Gasteiger partial charge in [-0.05, 0) is 38.5 Å². The summed E-state index contributed by atoms with van der Waals surface area (Å²) in [6, 6.07) is 0. The van der Waals surface area contributed by atoms with E-state index in [1.165, 1.54) is 193 Å². The van der Waals surface area contributed by atoms with Gasteiger partial charge < -0.3 is 9.11 Å². The molecule has 0 saturated heterocycles. The van der Waals surface area contributed by atoms with Gasteiger partial charge in [0.2, 0.25) is 20.8 Å². The molecule has 0 aliphatic rings. The van der Waals surface area contributed by atoms with E-state index in [1.807, 2.05) is 0 Å². The fourth-order valence-electron chi connectivity index (χ4n) is 7.26. The van der Waals surface area contributed by atoms with Crippen LogP contribution in [0.2, 0.25) is 0 Å². The monoisotopic (exact) mass is 903 g/mol. The molecule has 0 amide bonds. The molecule has 2 unspecified atom stereocenters. The zero-order valence-electron chi connectivity index (χ0n) is 39.1. The number of hydrogen-bond donors (Lipinski definition) is 0. The second-order valence-electron chi connectivity index (χ2n) is 16.8. The number of hydrogen-bond acceptors (Lipinski definition) is 8. The number of allylic oxidation sites excluding steroid dienone is 2. The van der Waals surface area contributed by atoms with E-state index in [0.717, 1.165) is 38.5 Å². The molecule has 11 heteroatoms. The predicted molar refractivity (Wildman–Crippen MR) is 251 cm³/mol. The zero-order valence-corrected chi connectivity index (χ0v) is 43.0. The number of rotatable bonds is 44. The van der Waals surface area contributed by atoms with Crippen LogP contribution < -0.4 is 0 Å². The van der Waals surface area contributed by atoms with E-state index in [1.54, 1.807) is 0 Å². The molecule has 0 spiro atoms. The third-order valence-corrected chi connectivity index (χ3v) is 11.8. The summed E-state index contributed by atoms with van der Waals surface area (Å²) in [5.74, 6) is 0.0423. The Morgan fingerprint density at radius 3 is 0.831 bits per heavy atom. The van der Waals surface area contributed by atoms with Gasteiger partial charge in [0.25, 0.3) is 0 Å². The van der Waals surface area contributed by atoms with Gasteiger partial charge in [0.1, 0.15) is 0 Å². The molecule has 0 rings (SSSR count). The van der Waals surface area contributed by atoms with Gasteiger partial charge in [0.15, 0.2) is 0 Å². The maximum atomic E-state index is 10.8. The van der Waals surface area contributed by atoms with E-state index in [4.69, 9.17) is 0 Å². The smallest absolute Gasteiger partial charge is 0.726 e. The van der Waals surface area contributed by atoms with Crippen molar-refractivity contribution in [1.82, 2.24) is 0 Å². The minimum Gasteiger partial charge on any atom is -0.726 e. The van der Waals surface area contributed by atoms with Crippen LogP contribution in [0, 0.1) is 11.8 Å². The van der Waals surface area contributed by atoms with Crippen molar-refractivity contribution < 1.29 is 34.3 Å². The van der Waals surface area contributed by atoms with Gasteiger partial charge in [-0.2, -0.15) is 0 Å². The Balaban J connectivity index is -0.00000105. The normalized spacial score (nSPS) is 13.1. The predicted octanol–water partition coefficient (Wildman–Crippen LogP) is 15.0. The van der Waals surface area contributed by atoms with Crippen LogP contribution in [0.25, 0.3) is 0 Å². The van der Waals surface area contributed by atoms with Crippen molar-refractivity contribution >= 4 is 58.5 Å². The molecule has 8 nitrogen and oxygen atoms in total. The molecule has 59 heavy (non-hydrogen) atoms. The van der Waals surface area contributed by atoms with Crippen LogP contribution in [-0.2, 0) is 29.2 Å². The molecular formula is C48H94CaO8S2. The molecule has 2 atom stereocenters. The van der Waals surface area contributed by atoms with Crippen molar-refractivity contribution in [2.24, 2.45) is 11.8 Å². The van der Waals surface area contributed by atoms with Crippen molar-refractivity contribution in [3.05, 3.63) is 24.3 Å². The molecule has 0 aromatic heterocycles. The molecule has 0 aromatic rings. The maximum absolute atomic E-state index is 10.8. The molecule has 0 aliphatic heterocycles. The van der Waals surface area contributed by atoms with Gasteiger partial charge in [0, 0.05) is 11.8 Å².